The quantitative estimate of drug-likeness (QED) is 0.826. The Balaban J connectivity index is 1.41. The number of amides is 2. The fourth-order valence-electron chi connectivity index (χ4n) is 3.15. The molecule has 0 unspecified atom stereocenters. The Morgan fingerprint density at radius 3 is 2.76 bits per heavy atom. The number of aromatic nitrogens is 2. The number of carbonyl (C=O) groups is 2. The van der Waals surface area contributed by atoms with Gasteiger partial charge >= 0.3 is 0 Å². The molecule has 3 rings (SSSR count). The zero-order valence-corrected chi connectivity index (χ0v) is 14.5. The highest BCUT2D eigenvalue weighted by molar-refractivity contribution is 5.82. The molecule has 2 aromatic rings. The van der Waals surface area contributed by atoms with E-state index in [-0.39, 0.29) is 17.9 Å². The molecular formula is C19H24N4O2. The maximum Gasteiger partial charge on any atom is 0.224 e. The van der Waals surface area contributed by atoms with Crippen LogP contribution in [0.1, 0.15) is 24.0 Å². The fraction of sp³-hybridized carbons (Fsp3) is 0.421. The van der Waals surface area contributed by atoms with Crippen molar-refractivity contribution < 1.29 is 9.59 Å². The monoisotopic (exact) mass is 340 g/mol. The largest absolute Gasteiger partial charge is 0.351 e. The first kappa shape index (κ1) is 17.2. The first-order chi connectivity index (χ1) is 12.1. The van der Waals surface area contributed by atoms with Gasteiger partial charge in [0.1, 0.15) is 0 Å². The third kappa shape index (κ3) is 4.92. The first-order valence-electron chi connectivity index (χ1n) is 8.69. The highest BCUT2D eigenvalue weighted by atomic mass is 16.2. The number of carbonyl (C=O) groups excluding carboxylic acids is 2. The van der Waals surface area contributed by atoms with Gasteiger partial charge in [0.2, 0.25) is 11.8 Å². The Hall–Kier alpha value is -2.63. The summed E-state index contributed by atoms with van der Waals surface area (Å²) in [6.45, 7) is 1.30. The van der Waals surface area contributed by atoms with Crippen LogP contribution in [-0.4, -0.2) is 45.6 Å². The topological polar surface area (TPSA) is 67.2 Å². The van der Waals surface area contributed by atoms with Crippen LogP contribution in [0.15, 0.2) is 42.7 Å². The van der Waals surface area contributed by atoms with Crippen molar-refractivity contribution in [2.45, 2.75) is 31.7 Å². The van der Waals surface area contributed by atoms with Crippen molar-refractivity contribution in [2.75, 3.05) is 13.1 Å². The standard InChI is InChI=1S/C19H24N4O2/c1-22-13-16(12-20-22)7-8-18(24)21-17-11-19(25)23(14-17)10-9-15-5-3-2-4-6-15/h2-6,12-13,17H,7-11,14H2,1H3,(H,21,24)/t17-/m0/s1. The summed E-state index contributed by atoms with van der Waals surface area (Å²) >= 11 is 0. The van der Waals surface area contributed by atoms with Crippen LogP contribution in [0.5, 0.6) is 0 Å². The normalized spacial score (nSPS) is 17.1. The summed E-state index contributed by atoms with van der Waals surface area (Å²) in [5.74, 6) is 0.111. The van der Waals surface area contributed by atoms with Crippen molar-refractivity contribution in [1.82, 2.24) is 20.0 Å². The minimum absolute atomic E-state index is 0.00781. The predicted octanol–water partition coefficient (Wildman–Crippen LogP) is 1.31. The van der Waals surface area contributed by atoms with Crippen molar-refractivity contribution in [3.05, 3.63) is 53.9 Å². The molecule has 0 aliphatic carbocycles. The average molecular weight is 340 g/mol. The van der Waals surface area contributed by atoms with E-state index in [1.54, 1.807) is 10.9 Å². The lowest BCUT2D eigenvalue weighted by Gasteiger charge is -2.17. The molecule has 0 spiro atoms. The zero-order valence-electron chi connectivity index (χ0n) is 14.5. The van der Waals surface area contributed by atoms with Gasteiger partial charge < -0.3 is 10.2 Å². The second-order valence-corrected chi connectivity index (χ2v) is 6.57. The number of hydrogen-bond donors (Lipinski definition) is 1. The van der Waals surface area contributed by atoms with E-state index in [2.05, 4.69) is 22.5 Å². The van der Waals surface area contributed by atoms with Crippen LogP contribution in [0.3, 0.4) is 0 Å². The minimum Gasteiger partial charge on any atom is -0.351 e. The van der Waals surface area contributed by atoms with E-state index >= 15 is 0 Å². The maximum atomic E-state index is 12.1. The van der Waals surface area contributed by atoms with Gasteiger partial charge in [-0.3, -0.25) is 14.3 Å². The van der Waals surface area contributed by atoms with Crippen LogP contribution in [0, 0.1) is 0 Å². The van der Waals surface area contributed by atoms with Crippen LogP contribution in [0.2, 0.25) is 0 Å². The molecular weight excluding hydrogens is 316 g/mol. The number of likely N-dealkylation sites (tertiary alicyclic amines) is 1. The van der Waals surface area contributed by atoms with Gasteiger partial charge in [0.15, 0.2) is 0 Å². The molecule has 1 aliphatic heterocycles. The lowest BCUT2D eigenvalue weighted by molar-refractivity contribution is -0.127. The van der Waals surface area contributed by atoms with E-state index in [9.17, 15) is 9.59 Å². The van der Waals surface area contributed by atoms with Crippen LogP contribution < -0.4 is 5.32 Å². The maximum absolute atomic E-state index is 12.1. The Morgan fingerprint density at radius 1 is 1.24 bits per heavy atom. The van der Waals surface area contributed by atoms with Crippen LogP contribution in [0.25, 0.3) is 0 Å². The van der Waals surface area contributed by atoms with Crippen LogP contribution >= 0.6 is 0 Å². The zero-order chi connectivity index (χ0) is 17.6. The number of aryl methyl sites for hydroxylation is 2. The highest BCUT2D eigenvalue weighted by Crippen LogP contribution is 2.13. The summed E-state index contributed by atoms with van der Waals surface area (Å²) in [7, 11) is 1.86. The number of benzene rings is 1. The SMILES string of the molecule is Cn1cc(CCC(=O)N[C@H]2CC(=O)N(CCc3ccccc3)C2)cn1. The van der Waals surface area contributed by atoms with Gasteiger partial charge in [-0.05, 0) is 24.0 Å². The molecule has 6 nitrogen and oxygen atoms in total. The summed E-state index contributed by atoms with van der Waals surface area (Å²) in [6.07, 6.45) is 6.01. The van der Waals surface area contributed by atoms with Crippen LogP contribution in [0.4, 0.5) is 0 Å². The Morgan fingerprint density at radius 2 is 2.04 bits per heavy atom. The average Bonchev–Trinajstić information content (AvgIpc) is 3.17. The fourth-order valence-corrected chi connectivity index (χ4v) is 3.15. The molecule has 0 bridgehead atoms. The molecule has 1 saturated heterocycles. The lowest BCUT2D eigenvalue weighted by atomic mass is 10.1. The lowest BCUT2D eigenvalue weighted by Crippen LogP contribution is -2.37. The first-order valence-corrected chi connectivity index (χ1v) is 8.69. The van der Waals surface area contributed by atoms with Crippen molar-refractivity contribution in [3.63, 3.8) is 0 Å². The Labute approximate surface area is 147 Å². The molecule has 2 heterocycles. The van der Waals surface area contributed by atoms with E-state index in [1.165, 1.54) is 5.56 Å². The van der Waals surface area contributed by atoms with Gasteiger partial charge in [-0.1, -0.05) is 30.3 Å². The van der Waals surface area contributed by atoms with E-state index in [0.717, 1.165) is 12.0 Å². The second-order valence-electron chi connectivity index (χ2n) is 6.57. The number of rotatable bonds is 7. The molecule has 25 heavy (non-hydrogen) atoms. The summed E-state index contributed by atoms with van der Waals surface area (Å²) < 4.78 is 1.73. The van der Waals surface area contributed by atoms with Crippen molar-refractivity contribution in [1.29, 1.82) is 0 Å². The molecule has 1 aromatic carbocycles. The minimum atomic E-state index is -0.0790. The van der Waals surface area contributed by atoms with Gasteiger partial charge in [-0.15, -0.1) is 0 Å². The predicted molar refractivity (Wildman–Crippen MR) is 94.8 cm³/mol. The summed E-state index contributed by atoms with van der Waals surface area (Å²) in [5.41, 5.74) is 2.27. The number of nitrogens with zero attached hydrogens (tertiary/aromatic N) is 3. The van der Waals surface area contributed by atoms with Crippen molar-refractivity contribution >= 4 is 11.8 Å². The van der Waals surface area contributed by atoms with E-state index in [4.69, 9.17) is 0 Å². The third-order valence-corrected chi connectivity index (χ3v) is 4.49. The summed E-state index contributed by atoms with van der Waals surface area (Å²) in [4.78, 5) is 26.1. The molecule has 6 heteroatoms. The molecule has 1 aromatic heterocycles. The Bertz CT molecular complexity index is 726. The molecule has 2 amide bonds. The van der Waals surface area contributed by atoms with Crippen LogP contribution in [-0.2, 0) is 29.5 Å². The molecule has 0 saturated carbocycles. The summed E-state index contributed by atoms with van der Waals surface area (Å²) in [6, 6.07) is 10.1. The van der Waals surface area contributed by atoms with Gasteiger partial charge in [0.05, 0.1) is 12.2 Å². The molecule has 1 fully saturated rings. The molecule has 1 aliphatic rings. The smallest absolute Gasteiger partial charge is 0.224 e. The molecule has 132 valence electrons. The van der Waals surface area contributed by atoms with Crippen molar-refractivity contribution in [3.8, 4) is 0 Å². The van der Waals surface area contributed by atoms with E-state index in [0.29, 0.717) is 32.4 Å². The van der Waals surface area contributed by atoms with E-state index < -0.39 is 0 Å². The summed E-state index contributed by atoms with van der Waals surface area (Å²) in [5, 5.41) is 7.08. The van der Waals surface area contributed by atoms with Gasteiger partial charge in [0, 0.05) is 39.2 Å². The van der Waals surface area contributed by atoms with E-state index in [1.807, 2.05) is 36.3 Å². The molecule has 0 radical (unpaired) electrons. The molecule has 1 atom stereocenters. The number of hydrogen-bond acceptors (Lipinski definition) is 3. The third-order valence-electron chi connectivity index (χ3n) is 4.49. The van der Waals surface area contributed by atoms with Crippen molar-refractivity contribution in [2.24, 2.45) is 7.05 Å². The second kappa shape index (κ2) is 7.96. The van der Waals surface area contributed by atoms with Gasteiger partial charge in [-0.25, -0.2) is 0 Å². The number of nitrogens with one attached hydrogen (secondary N) is 1. The highest BCUT2D eigenvalue weighted by Gasteiger charge is 2.30. The van der Waals surface area contributed by atoms with Gasteiger partial charge in [-0.2, -0.15) is 5.10 Å². The Kier molecular flexibility index (Phi) is 5.48. The molecule has 1 N–H and O–H groups in total. The van der Waals surface area contributed by atoms with Gasteiger partial charge in [0.25, 0.3) is 0 Å².